The molecule has 6 atom stereocenters. The molecule has 0 saturated carbocycles. The molecule has 450 valence electrons. The maximum atomic E-state index is 14.4. The molecule has 6 N–H and O–H groups in total. The highest BCUT2D eigenvalue weighted by atomic mass is 32.1. The van der Waals surface area contributed by atoms with Crippen molar-refractivity contribution in [3.8, 4) is 43.4 Å². The van der Waals surface area contributed by atoms with Crippen LogP contribution in [0.3, 0.4) is 0 Å². The summed E-state index contributed by atoms with van der Waals surface area (Å²) >= 11 is 7.08. The second-order valence-electron chi connectivity index (χ2n) is 20.8. The van der Waals surface area contributed by atoms with Crippen molar-refractivity contribution in [2.24, 2.45) is 5.92 Å². The van der Waals surface area contributed by atoms with E-state index in [1.807, 2.05) is 13.8 Å². The molecule has 6 amide bonds. The SMILES string of the molecule is CNC(=O)C[C@@H]1NC(=O)c2csc(n2)-c2ccc(-c3nc(C(=O)OCC4NC(=O)C5CCCN5C4=O)cs3)nc2-c2csc(n2)-c2csc(n2)[C@H]([C@@H](O)c2ccccc2)NC(=O)CNC(=O)c2nc(sc2COC)C(C(C)C)CC(=O)c2nc1sc2C. The molecule has 0 radical (unpaired) electrons. The Morgan fingerprint density at radius 3 is 2.26 bits per heavy atom. The summed E-state index contributed by atoms with van der Waals surface area (Å²) in [5.41, 5.74) is 2.51. The van der Waals surface area contributed by atoms with Gasteiger partial charge in [0, 0.05) is 65.0 Å². The highest BCUT2D eigenvalue weighted by molar-refractivity contribution is 7.15. The molecule has 0 aliphatic carbocycles. The van der Waals surface area contributed by atoms with Crippen LogP contribution in [0.4, 0.5) is 0 Å². The first kappa shape index (κ1) is 60.7. The molecule has 1 aromatic carbocycles. The smallest absolute Gasteiger partial charge is 0.357 e. The van der Waals surface area contributed by atoms with E-state index in [1.54, 1.807) is 65.5 Å². The zero-order valence-corrected chi connectivity index (χ0v) is 52.0. The van der Waals surface area contributed by atoms with E-state index in [0.29, 0.717) is 93.1 Å². The zero-order valence-electron chi connectivity index (χ0n) is 47.1. The molecule has 30 heteroatoms. The van der Waals surface area contributed by atoms with Gasteiger partial charge in [-0.05, 0) is 43.4 Å². The molecule has 7 aromatic heterocycles. The molecule has 2 saturated heterocycles. The number of hydrogen-bond donors (Lipinski definition) is 6. The summed E-state index contributed by atoms with van der Waals surface area (Å²) < 4.78 is 11.0. The fraction of sp³-hybridized carbons (Fsp3) is 0.351. The molecule has 87 heavy (non-hydrogen) atoms. The summed E-state index contributed by atoms with van der Waals surface area (Å²) in [5.74, 6) is -4.68. The number of carbonyl (C=O) groups is 8. The van der Waals surface area contributed by atoms with E-state index in [4.69, 9.17) is 39.4 Å². The van der Waals surface area contributed by atoms with Crippen LogP contribution in [-0.2, 0) is 35.3 Å². The molecule has 2 fully saturated rings. The van der Waals surface area contributed by atoms with Gasteiger partial charge in [-0.3, -0.25) is 33.6 Å². The first-order valence-electron chi connectivity index (χ1n) is 27.4. The number of carbonyl (C=O) groups excluding carboxylic acids is 8. The van der Waals surface area contributed by atoms with Crippen molar-refractivity contribution in [2.75, 3.05) is 33.9 Å². The average molecular weight is 1290 g/mol. The molecule has 0 spiro atoms. The Kier molecular flexibility index (Phi) is 18.3. The van der Waals surface area contributed by atoms with E-state index >= 15 is 0 Å². The van der Waals surface area contributed by atoms with Crippen molar-refractivity contribution >= 4 is 115 Å². The van der Waals surface area contributed by atoms with Crippen molar-refractivity contribution in [1.29, 1.82) is 0 Å². The standard InChI is InChI=1S/C57H55N13O11S6/c1-25(2)29-16-38(71)42-26(3)86-54(68-42)31(17-40(72)58-4)61-47(75)34-22-82-50(64-34)28-13-14-30(52-66-36(24-84-52)57(79)81-19-32-56(78)70-15-9-12-37(70)48(76)62-32)60-43(28)33-21-83-53(63-33)35-23-85-55(65-35)45(46(74)27-10-7-6-8-11-27)67-41(73)18-59-49(77)44-39(20-80-5)87-51(29)69-44/h6-8,10-11,13-14,21-25,29,31-32,37,45-46,74H,9,12,15-20H2,1-5H3,(H,58,72)(H,59,77)(H,61,75)(H,62,76)(H,67,73)/t29?,31-,32?,37?,45-,46-/m0/s1. The van der Waals surface area contributed by atoms with Gasteiger partial charge >= 0.3 is 5.97 Å². The van der Waals surface area contributed by atoms with Crippen molar-refractivity contribution in [2.45, 2.75) is 89.3 Å². The predicted octanol–water partition coefficient (Wildman–Crippen LogP) is 6.84. The molecule has 3 aliphatic rings. The maximum Gasteiger partial charge on any atom is 0.357 e. The average Bonchev–Trinajstić information content (AvgIpc) is 2.79. The molecular weight excluding hydrogens is 1240 g/mol. The number of nitrogens with one attached hydrogen (secondary N) is 5. The third-order valence-electron chi connectivity index (χ3n) is 14.6. The molecule has 3 aliphatic heterocycles. The molecule has 10 bridgehead atoms. The lowest BCUT2D eigenvalue weighted by Crippen LogP contribution is -2.62. The quantitative estimate of drug-likeness (QED) is 0.0721. The lowest BCUT2D eigenvalue weighted by molar-refractivity contribution is -0.148. The number of hydrogen-bond acceptors (Lipinski definition) is 24. The normalized spacial score (nSPS) is 19.6. The number of amides is 6. The van der Waals surface area contributed by atoms with Crippen LogP contribution in [0.15, 0.2) is 64.0 Å². The summed E-state index contributed by atoms with van der Waals surface area (Å²) in [6.07, 6.45) is -0.273. The summed E-state index contributed by atoms with van der Waals surface area (Å²) in [4.78, 5) is 145. The van der Waals surface area contributed by atoms with Crippen LogP contribution in [0.2, 0.25) is 0 Å². The van der Waals surface area contributed by atoms with Gasteiger partial charge < -0.3 is 46.1 Å². The molecule has 11 rings (SSSR count). The lowest BCUT2D eigenvalue weighted by atomic mass is 9.90. The second-order valence-corrected chi connectivity index (χ2v) is 26.6. The van der Waals surface area contributed by atoms with Crippen LogP contribution in [0.1, 0.15) is 136 Å². The highest BCUT2D eigenvalue weighted by Crippen LogP contribution is 2.41. The Balaban J connectivity index is 0.954. The van der Waals surface area contributed by atoms with Gasteiger partial charge in [0.05, 0.1) is 41.2 Å². The number of ketones is 1. The fourth-order valence-electron chi connectivity index (χ4n) is 10.1. The van der Waals surface area contributed by atoms with E-state index < -0.39 is 72.3 Å². The van der Waals surface area contributed by atoms with Crippen LogP contribution in [-0.4, -0.2) is 138 Å². The molecular formula is C57H55N13O11S6. The number of aliphatic hydroxyl groups excluding tert-OH is 1. The van der Waals surface area contributed by atoms with Gasteiger partial charge in [-0.2, -0.15) is 0 Å². The number of esters is 1. The van der Waals surface area contributed by atoms with Gasteiger partial charge in [-0.25, -0.2) is 39.7 Å². The minimum atomic E-state index is -1.29. The number of piperazine rings is 1. The number of methoxy groups -OCH3 is 1. The number of rotatable bonds is 11. The number of nitrogens with zero attached hydrogens (tertiary/aromatic N) is 8. The first-order chi connectivity index (χ1) is 41.9. The number of ether oxygens (including phenoxy) is 2. The third kappa shape index (κ3) is 13.0. The van der Waals surface area contributed by atoms with E-state index in [0.717, 1.165) is 22.7 Å². The summed E-state index contributed by atoms with van der Waals surface area (Å²) in [7, 11) is 2.95. The molecule has 24 nitrogen and oxygen atoms in total. The van der Waals surface area contributed by atoms with Gasteiger partial charge in [0.1, 0.15) is 90.0 Å². The van der Waals surface area contributed by atoms with Crippen molar-refractivity contribution < 1.29 is 52.9 Å². The van der Waals surface area contributed by atoms with Crippen molar-refractivity contribution in [3.05, 3.63) is 117 Å². The van der Waals surface area contributed by atoms with Crippen LogP contribution < -0.4 is 26.6 Å². The van der Waals surface area contributed by atoms with E-state index in [2.05, 4.69) is 31.6 Å². The third-order valence-corrected chi connectivity index (χ3v) is 20.4. The summed E-state index contributed by atoms with van der Waals surface area (Å²) in [5, 5.41) is 34.5. The number of thiazole rings is 6. The molecule has 3 unspecified atom stereocenters. The maximum absolute atomic E-state index is 14.4. The largest absolute Gasteiger partial charge is 0.458 e. The van der Waals surface area contributed by atoms with E-state index in [1.165, 1.54) is 69.8 Å². The minimum Gasteiger partial charge on any atom is -0.458 e. The highest BCUT2D eigenvalue weighted by Gasteiger charge is 2.44. The summed E-state index contributed by atoms with van der Waals surface area (Å²) in [6, 6.07) is 8.53. The Morgan fingerprint density at radius 2 is 1.48 bits per heavy atom. The second kappa shape index (κ2) is 26.2. The number of pyridine rings is 1. The lowest BCUT2D eigenvalue weighted by Gasteiger charge is -2.34. The number of benzene rings is 1. The monoisotopic (exact) mass is 1290 g/mol. The Morgan fingerprint density at radius 1 is 0.747 bits per heavy atom. The number of aliphatic hydroxyl groups is 1. The number of fused-ring (bicyclic) bond motifs is 15. The van der Waals surface area contributed by atoms with Crippen LogP contribution in [0.25, 0.3) is 43.4 Å². The summed E-state index contributed by atoms with van der Waals surface area (Å²) in [6.45, 7) is 5.19. The van der Waals surface area contributed by atoms with Gasteiger partial charge in [0.2, 0.25) is 23.6 Å². The Hall–Kier alpha value is -7.97. The van der Waals surface area contributed by atoms with Gasteiger partial charge in [0.15, 0.2) is 11.5 Å². The van der Waals surface area contributed by atoms with Crippen LogP contribution >= 0.6 is 68.0 Å². The van der Waals surface area contributed by atoms with E-state index in [-0.39, 0.29) is 72.3 Å². The fourth-order valence-corrected chi connectivity index (χ4v) is 15.7. The molecule has 8 aromatic rings. The van der Waals surface area contributed by atoms with Gasteiger partial charge in [0.25, 0.3) is 11.8 Å². The number of Topliss-reactive ketones (excluding diaryl/α,β-unsaturated/α-hetero) is 1. The van der Waals surface area contributed by atoms with Crippen molar-refractivity contribution in [1.82, 2.24) is 66.4 Å². The Bertz CT molecular complexity index is 3960. The van der Waals surface area contributed by atoms with Gasteiger partial charge in [-0.1, -0.05) is 44.2 Å². The first-order valence-corrected chi connectivity index (χ1v) is 32.5. The van der Waals surface area contributed by atoms with Crippen molar-refractivity contribution in [3.63, 3.8) is 0 Å². The Labute approximate surface area is 520 Å². The van der Waals surface area contributed by atoms with Crippen LogP contribution in [0, 0.1) is 12.8 Å². The molecule has 10 heterocycles. The van der Waals surface area contributed by atoms with E-state index in [9.17, 15) is 43.5 Å². The number of aromatic nitrogens is 7. The van der Waals surface area contributed by atoms with Gasteiger partial charge in [-0.15, -0.1) is 68.0 Å². The van der Waals surface area contributed by atoms with Crippen LogP contribution in [0.5, 0.6) is 0 Å². The zero-order chi connectivity index (χ0) is 61.2. The topological polar surface area (TPSA) is 329 Å². The number of aryl methyl sites for hydroxylation is 1. The minimum absolute atomic E-state index is 0.00992. The predicted molar refractivity (Wildman–Crippen MR) is 325 cm³/mol.